The topological polar surface area (TPSA) is 98.0 Å². The average Bonchev–Trinajstić information content (AvgIpc) is 3.09. The summed E-state index contributed by atoms with van der Waals surface area (Å²) in [5.41, 5.74) is -1.90. The van der Waals surface area contributed by atoms with Crippen molar-refractivity contribution in [2.24, 2.45) is 46.3 Å². The Kier molecular flexibility index (Phi) is 6.64. The number of carbonyl (C=O) groups excluding carboxylic acids is 1. The van der Waals surface area contributed by atoms with Crippen LogP contribution in [0.15, 0.2) is 0 Å². The molecule has 0 aromatic heterocycles. The lowest BCUT2D eigenvalue weighted by molar-refractivity contribution is -0.280. The van der Waals surface area contributed by atoms with E-state index in [1.54, 1.807) is 0 Å². The molecule has 0 aliphatic heterocycles. The second kappa shape index (κ2) is 8.62. The highest BCUT2D eigenvalue weighted by Gasteiger charge is 2.69. The predicted octanol–water partition coefficient (Wildman–Crippen LogP) is 3.71. The van der Waals surface area contributed by atoms with Crippen molar-refractivity contribution < 1.29 is 25.2 Å². The smallest absolute Gasteiger partial charge is 0.135 e. The van der Waals surface area contributed by atoms with Crippen LogP contribution < -0.4 is 0 Å². The quantitative estimate of drug-likeness (QED) is 0.495. The largest absolute Gasteiger partial charge is 0.396 e. The van der Waals surface area contributed by atoms with E-state index in [0.717, 1.165) is 25.7 Å². The van der Waals surface area contributed by atoms with Gasteiger partial charge < -0.3 is 20.4 Å². The van der Waals surface area contributed by atoms with Crippen molar-refractivity contribution in [2.45, 2.75) is 110 Å². The summed E-state index contributed by atoms with van der Waals surface area (Å²) in [4.78, 5) is 12.2. The van der Waals surface area contributed by atoms with Crippen LogP contribution in [-0.2, 0) is 4.79 Å². The molecule has 0 bridgehead atoms. The SMILES string of the molecule is CC(C)C(=O)CC[C@@H](C)[C@H]1CC[C@H]2[C@@H]3C[C@@H](O)[C@@]4(O)C[C@@H](O)CC[C@]4(CO)[C@H]3CC[C@]12C. The molecule has 0 amide bonds. The van der Waals surface area contributed by atoms with Crippen LogP contribution in [0.1, 0.15) is 91.9 Å². The van der Waals surface area contributed by atoms with Crippen molar-refractivity contribution in [3.05, 3.63) is 0 Å². The van der Waals surface area contributed by atoms with E-state index < -0.39 is 23.2 Å². The van der Waals surface area contributed by atoms with Gasteiger partial charge in [-0.15, -0.1) is 0 Å². The van der Waals surface area contributed by atoms with Gasteiger partial charge in [-0.05, 0) is 86.4 Å². The molecule has 0 heterocycles. The minimum Gasteiger partial charge on any atom is -0.396 e. The molecule has 0 aromatic rings. The number of hydrogen-bond donors (Lipinski definition) is 4. The van der Waals surface area contributed by atoms with Crippen molar-refractivity contribution >= 4 is 5.78 Å². The minimum absolute atomic E-state index is 0.107. The van der Waals surface area contributed by atoms with Gasteiger partial charge >= 0.3 is 0 Å². The van der Waals surface area contributed by atoms with Crippen molar-refractivity contribution in [1.29, 1.82) is 0 Å². The van der Waals surface area contributed by atoms with Crippen LogP contribution in [0.5, 0.6) is 0 Å². The van der Waals surface area contributed by atoms with Gasteiger partial charge in [0, 0.05) is 24.2 Å². The third-order valence-corrected chi connectivity index (χ3v) is 11.1. The summed E-state index contributed by atoms with van der Waals surface area (Å²) in [6.45, 7) is 8.62. The van der Waals surface area contributed by atoms with Crippen LogP contribution in [0.2, 0.25) is 0 Å². The number of rotatable bonds is 6. The van der Waals surface area contributed by atoms with Crippen LogP contribution in [0.25, 0.3) is 0 Å². The summed E-state index contributed by atoms with van der Waals surface area (Å²) >= 11 is 0. The number of aliphatic hydroxyl groups excluding tert-OH is 3. The molecule has 4 aliphatic rings. The summed E-state index contributed by atoms with van der Waals surface area (Å²) in [5.74, 6) is 2.55. The van der Waals surface area contributed by atoms with E-state index in [1.807, 2.05) is 13.8 Å². The van der Waals surface area contributed by atoms with Crippen LogP contribution in [0.4, 0.5) is 0 Å². The fourth-order valence-corrected chi connectivity index (χ4v) is 9.20. The summed E-state index contributed by atoms with van der Waals surface area (Å²) in [7, 11) is 0. The maximum atomic E-state index is 12.2. The lowest BCUT2D eigenvalue weighted by atomic mass is 9.42. The summed E-state index contributed by atoms with van der Waals surface area (Å²) < 4.78 is 0. The molecule has 0 unspecified atom stereocenters. The van der Waals surface area contributed by atoms with E-state index in [2.05, 4.69) is 13.8 Å². The monoisotopic (exact) mass is 450 g/mol. The average molecular weight is 451 g/mol. The van der Waals surface area contributed by atoms with Gasteiger partial charge in [0.2, 0.25) is 0 Å². The van der Waals surface area contributed by atoms with Gasteiger partial charge in [-0.3, -0.25) is 4.79 Å². The number of fused-ring (bicyclic) bond motifs is 5. The van der Waals surface area contributed by atoms with E-state index in [-0.39, 0.29) is 30.3 Å². The first kappa shape index (κ1) is 24.6. The number of carbonyl (C=O) groups is 1. The zero-order valence-corrected chi connectivity index (χ0v) is 20.6. The standard InChI is InChI=1S/C27H46O5/c1-16(2)23(30)8-5-17(3)20-6-7-21-19-13-24(31)27(32)14-18(29)9-12-26(27,15-28)22(19)10-11-25(20,21)4/h16-22,24,28-29,31-32H,5-15H2,1-4H3/t17-,18+,19+,20-,21+,22+,24-,25-,26+,27+/m1/s1. The van der Waals surface area contributed by atoms with Crippen molar-refractivity contribution in [3.8, 4) is 0 Å². The second-order valence-electron chi connectivity index (χ2n) is 12.6. The minimum atomic E-state index is -1.39. The van der Waals surface area contributed by atoms with E-state index in [9.17, 15) is 25.2 Å². The van der Waals surface area contributed by atoms with Gasteiger partial charge in [0.25, 0.3) is 0 Å². The Bertz CT molecular complexity index is 708. The van der Waals surface area contributed by atoms with E-state index in [0.29, 0.717) is 55.1 Å². The number of aliphatic hydroxyl groups is 4. The summed E-state index contributed by atoms with van der Waals surface area (Å²) in [6, 6.07) is 0. The third kappa shape index (κ3) is 3.52. The molecule has 4 fully saturated rings. The van der Waals surface area contributed by atoms with Crippen molar-refractivity contribution in [2.75, 3.05) is 6.61 Å². The first-order valence-corrected chi connectivity index (χ1v) is 13.2. The normalized spacial score (nSPS) is 49.3. The fraction of sp³-hybridized carbons (Fsp3) is 0.963. The van der Waals surface area contributed by atoms with Crippen LogP contribution >= 0.6 is 0 Å². The lowest BCUT2D eigenvalue weighted by Crippen LogP contribution is -2.70. The van der Waals surface area contributed by atoms with Gasteiger partial charge in [0.1, 0.15) is 11.4 Å². The van der Waals surface area contributed by atoms with Crippen LogP contribution in [0.3, 0.4) is 0 Å². The molecule has 4 saturated carbocycles. The molecule has 0 radical (unpaired) electrons. The molecule has 0 spiro atoms. The Labute approximate surface area is 194 Å². The zero-order valence-electron chi connectivity index (χ0n) is 20.6. The second-order valence-corrected chi connectivity index (χ2v) is 12.6. The third-order valence-electron chi connectivity index (χ3n) is 11.1. The number of Topliss-reactive ketones (excluding diaryl/α,β-unsaturated/α-hetero) is 1. The summed E-state index contributed by atoms with van der Waals surface area (Å²) in [6.07, 6.45) is 6.41. The zero-order chi connectivity index (χ0) is 23.5. The fourth-order valence-electron chi connectivity index (χ4n) is 9.20. The number of hydrogen-bond acceptors (Lipinski definition) is 5. The van der Waals surface area contributed by atoms with Crippen LogP contribution in [-0.4, -0.2) is 50.6 Å². The van der Waals surface area contributed by atoms with Crippen molar-refractivity contribution in [1.82, 2.24) is 0 Å². The van der Waals surface area contributed by atoms with Gasteiger partial charge in [-0.1, -0.05) is 27.7 Å². The van der Waals surface area contributed by atoms with Gasteiger partial charge in [-0.2, -0.15) is 0 Å². The molecule has 4 aliphatic carbocycles. The van der Waals surface area contributed by atoms with E-state index in [4.69, 9.17) is 0 Å². The Hall–Kier alpha value is -0.490. The molecular weight excluding hydrogens is 404 g/mol. The van der Waals surface area contributed by atoms with Gasteiger partial charge in [0.05, 0.1) is 18.8 Å². The molecule has 0 saturated heterocycles. The number of ketones is 1. The molecule has 10 atom stereocenters. The molecule has 184 valence electrons. The molecule has 32 heavy (non-hydrogen) atoms. The first-order valence-electron chi connectivity index (χ1n) is 13.2. The highest BCUT2D eigenvalue weighted by molar-refractivity contribution is 5.80. The highest BCUT2D eigenvalue weighted by atomic mass is 16.4. The first-order chi connectivity index (χ1) is 15.0. The maximum absolute atomic E-state index is 12.2. The molecule has 4 N–H and O–H groups in total. The summed E-state index contributed by atoms with van der Waals surface area (Å²) in [5, 5.41) is 43.7. The molecule has 4 rings (SSSR count). The molecule has 5 heteroatoms. The Balaban J connectivity index is 1.56. The molecular formula is C27H46O5. The van der Waals surface area contributed by atoms with Crippen LogP contribution in [0, 0.1) is 46.3 Å². The van der Waals surface area contributed by atoms with Crippen molar-refractivity contribution in [3.63, 3.8) is 0 Å². The molecule has 0 aromatic carbocycles. The molecule has 5 nitrogen and oxygen atoms in total. The lowest BCUT2D eigenvalue weighted by Gasteiger charge is -2.65. The Morgan fingerprint density at radius 3 is 2.41 bits per heavy atom. The van der Waals surface area contributed by atoms with Gasteiger partial charge in [0.15, 0.2) is 0 Å². The maximum Gasteiger partial charge on any atom is 0.135 e. The van der Waals surface area contributed by atoms with E-state index in [1.165, 1.54) is 6.42 Å². The Morgan fingerprint density at radius 2 is 1.75 bits per heavy atom. The predicted molar refractivity (Wildman–Crippen MR) is 124 cm³/mol. The van der Waals surface area contributed by atoms with Gasteiger partial charge in [-0.25, -0.2) is 0 Å². The van der Waals surface area contributed by atoms with E-state index >= 15 is 0 Å². The highest BCUT2D eigenvalue weighted by Crippen LogP contribution is 2.69. The Morgan fingerprint density at radius 1 is 1.03 bits per heavy atom.